The molecule has 6 heteroatoms. The number of nitrogens with two attached hydrogens (primary N) is 1. The zero-order valence-corrected chi connectivity index (χ0v) is 14.0. The molecule has 5 nitrogen and oxygen atoms in total. The van der Waals surface area contributed by atoms with Crippen molar-refractivity contribution < 1.29 is 9.18 Å². The molecule has 0 aliphatic carbocycles. The Balaban J connectivity index is 1.91. The number of hydrogen-bond donors (Lipinski definition) is 1. The Morgan fingerprint density at radius 3 is 2.58 bits per heavy atom. The standard InChI is InChI=1S/C20H15FN4O/c1-12-16(21)7-8-17(24-12)15-5-3-2-4-14(15)13-6-9-19-23-10-18(20(22)26)25(19)11-13/h2-11H,1H3,(H2,22,26). The van der Waals surface area contributed by atoms with Crippen LogP contribution in [0.15, 0.2) is 60.9 Å². The van der Waals surface area contributed by atoms with Crippen LogP contribution in [0.1, 0.15) is 16.2 Å². The third-order valence-corrected chi connectivity index (χ3v) is 4.29. The topological polar surface area (TPSA) is 73.3 Å². The van der Waals surface area contributed by atoms with E-state index in [1.807, 2.05) is 42.6 Å². The van der Waals surface area contributed by atoms with Crippen LogP contribution in [0, 0.1) is 12.7 Å². The van der Waals surface area contributed by atoms with Gasteiger partial charge in [-0.05, 0) is 42.3 Å². The third kappa shape index (κ3) is 2.61. The molecular formula is C20H15FN4O. The van der Waals surface area contributed by atoms with Crippen molar-refractivity contribution in [2.24, 2.45) is 5.73 Å². The quantitative estimate of drug-likeness (QED) is 0.616. The molecule has 2 N–H and O–H groups in total. The summed E-state index contributed by atoms with van der Waals surface area (Å²) in [6, 6.07) is 14.5. The monoisotopic (exact) mass is 346 g/mol. The van der Waals surface area contributed by atoms with Gasteiger partial charge in [0.25, 0.3) is 5.91 Å². The number of carbonyl (C=O) groups excluding carboxylic acids is 1. The lowest BCUT2D eigenvalue weighted by Crippen LogP contribution is -2.13. The molecule has 0 atom stereocenters. The number of pyridine rings is 2. The van der Waals surface area contributed by atoms with E-state index in [9.17, 15) is 9.18 Å². The number of nitrogens with zero attached hydrogens (tertiary/aromatic N) is 3. The van der Waals surface area contributed by atoms with Crippen LogP contribution in [-0.4, -0.2) is 20.3 Å². The van der Waals surface area contributed by atoms with Gasteiger partial charge < -0.3 is 5.73 Å². The molecule has 3 heterocycles. The van der Waals surface area contributed by atoms with Crippen LogP contribution in [-0.2, 0) is 0 Å². The number of aryl methyl sites for hydroxylation is 1. The molecule has 128 valence electrons. The molecule has 4 aromatic rings. The van der Waals surface area contributed by atoms with E-state index in [1.54, 1.807) is 17.4 Å². The summed E-state index contributed by atoms with van der Waals surface area (Å²) < 4.78 is 15.2. The summed E-state index contributed by atoms with van der Waals surface area (Å²) in [6.07, 6.45) is 3.27. The molecule has 0 fully saturated rings. The van der Waals surface area contributed by atoms with Crippen molar-refractivity contribution in [1.82, 2.24) is 14.4 Å². The van der Waals surface area contributed by atoms with Crippen molar-refractivity contribution in [2.45, 2.75) is 6.92 Å². The number of rotatable bonds is 3. The van der Waals surface area contributed by atoms with Crippen LogP contribution >= 0.6 is 0 Å². The minimum atomic E-state index is -0.543. The Kier molecular flexibility index (Phi) is 3.73. The summed E-state index contributed by atoms with van der Waals surface area (Å²) in [5, 5.41) is 0. The molecule has 0 aliphatic rings. The summed E-state index contributed by atoms with van der Waals surface area (Å²) in [5.74, 6) is -0.879. The minimum absolute atomic E-state index is 0.315. The molecule has 0 saturated heterocycles. The molecule has 4 rings (SSSR count). The highest BCUT2D eigenvalue weighted by Gasteiger charge is 2.13. The summed E-state index contributed by atoms with van der Waals surface area (Å²) in [7, 11) is 0. The van der Waals surface area contributed by atoms with Gasteiger partial charge >= 0.3 is 0 Å². The number of aromatic nitrogens is 3. The number of amides is 1. The van der Waals surface area contributed by atoms with Crippen molar-refractivity contribution in [3.05, 3.63) is 78.1 Å². The maximum absolute atomic E-state index is 13.6. The third-order valence-electron chi connectivity index (χ3n) is 4.29. The molecular weight excluding hydrogens is 331 g/mol. The van der Waals surface area contributed by atoms with E-state index in [4.69, 9.17) is 5.73 Å². The fourth-order valence-electron chi connectivity index (χ4n) is 2.97. The van der Waals surface area contributed by atoms with Gasteiger partial charge in [-0.1, -0.05) is 24.3 Å². The van der Waals surface area contributed by atoms with Crippen molar-refractivity contribution >= 4 is 11.6 Å². The first kappa shape index (κ1) is 16.0. The first-order valence-electron chi connectivity index (χ1n) is 8.04. The Bertz CT molecular complexity index is 1150. The largest absolute Gasteiger partial charge is 0.364 e. The summed E-state index contributed by atoms with van der Waals surface area (Å²) in [5.41, 5.74) is 10.1. The van der Waals surface area contributed by atoms with Gasteiger partial charge in [-0.2, -0.15) is 0 Å². The highest BCUT2D eigenvalue weighted by Crippen LogP contribution is 2.31. The van der Waals surface area contributed by atoms with Gasteiger partial charge in [0.1, 0.15) is 17.2 Å². The number of hydrogen-bond acceptors (Lipinski definition) is 3. The molecule has 1 aromatic carbocycles. The second kappa shape index (κ2) is 6.07. The van der Waals surface area contributed by atoms with E-state index in [-0.39, 0.29) is 5.82 Å². The Labute approximate surface area is 148 Å². The van der Waals surface area contributed by atoms with Gasteiger partial charge in [-0.15, -0.1) is 0 Å². The predicted octanol–water partition coefficient (Wildman–Crippen LogP) is 3.61. The molecule has 0 unspecified atom stereocenters. The number of carbonyl (C=O) groups is 1. The number of imidazole rings is 1. The predicted molar refractivity (Wildman–Crippen MR) is 97.1 cm³/mol. The molecule has 1 amide bonds. The van der Waals surface area contributed by atoms with E-state index in [0.29, 0.717) is 22.7 Å². The Hall–Kier alpha value is -3.54. The van der Waals surface area contributed by atoms with Crippen LogP contribution in [0.4, 0.5) is 4.39 Å². The summed E-state index contributed by atoms with van der Waals surface area (Å²) >= 11 is 0. The Morgan fingerprint density at radius 1 is 1.08 bits per heavy atom. The second-order valence-electron chi connectivity index (χ2n) is 5.96. The number of primary amides is 1. The minimum Gasteiger partial charge on any atom is -0.364 e. The average molecular weight is 346 g/mol. The summed E-state index contributed by atoms with van der Waals surface area (Å²) in [6.45, 7) is 1.64. The average Bonchev–Trinajstić information content (AvgIpc) is 3.07. The maximum Gasteiger partial charge on any atom is 0.267 e. The van der Waals surface area contributed by atoms with E-state index in [1.165, 1.54) is 12.3 Å². The first-order chi connectivity index (χ1) is 12.5. The highest BCUT2D eigenvalue weighted by molar-refractivity contribution is 5.92. The van der Waals surface area contributed by atoms with Crippen LogP contribution in [0.3, 0.4) is 0 Å². The lowest BCUT2D eigenvalue weighted by Gasteiger charge is -2.11. The van der Waals surface area contributed by atoms with E-state index >= 15 is 0 Å². The van der Waals surface area contributed by atoms with Gasteiger partial charge in [0, 0.05) is 11.8 Å². The molecule has 0 radical (unpaired) electrons. The normalized spacial score (nSPS) is 11.0. The first-order valence-corrected chi connectivity index (χ1v) is 8.04. The van der Waals surface area contributed by atoms with E-state index in [0.717, 1.165) is 16.7 Å². The van der Waals surface area contributed by atoms with E-state index in [2.05, 4.69) is 9.97 Å². The van der Waals surface area contributed by atoms with Crippen molar-refractivity contribution in [1.29, 1.82) is 0 Å². The molecule has 26 heavy (non-hydrogen) atoms. The molecule has 0 saturated carbocycles. The van der Waals surface area contributed by atoms with Crippen LogP contribution in [0.2, 0.25) is 0 Å². The van der Waals surface area contributed by atoms with Crippen LogP contribution in [0.25, 0.3) is 28.0 Å². The number of halogens is 1. The van der Waals surface area contributed by atoms with Crippen molar-refractivity contribution in [3.63, 3.8) is 0 Å². The second-order valence-corrected chi connectivity index (χ2v) is 5.96. The van der Waals surface area contributed by atoms with Crippen molar-refractivity contribution in [3.8, 4) is 22.4 Å². The van der Waals surface area contributed by atoms with Crippen LogP contribution < -0.4 is 5.73 Å². The van der Waals surface area contributed by atoms with Gasteiger partial charge in [0.15, 0.2) is 0 Å². The van der Waals surface area contributed by atoms with Crippen molar-refractivity contribution in [2.75, 3.05) is 0 Å². The smallest absolute Gasteiger partial charge is 0.267 e. The fourth-order valence-corrected chi connectivity index (χ4v) is 2.97. The van der Waals surface area contributed by atoms with Gasteiger partial charge in [0.2, 0.25) is 0 Å². The summed E-state index contributed by atoms with van der Waals surface area (Å²) in [4.78, 5) is 20.1. The zero-order chi connectivity index (χ0) is 18.3. The SMILES string of the molecule is Cc1nc(-c2ccccc2-c2ccc3ncc(C(N)=O)n3c2)ccc1F. The van der Waals surface area contributed by atoms with Gasteiger partial charge in [0.05, 0.1) is 17.6 Å². The lowest BCUT2D eigenvalue weighted by atomic mass is 9.98. The lowest BCUT2D eigenvalue weighted by molar-refractivity contribution is 0.0995. The van der Waals surface area contributed by atoms with Gasteiger partial charge in [-0.3, -0.25) is 14.2 Å². The van der Waals surface area contributed by atoms with Gasteiger partial charge in [-0.25, -0.2) is 9.37 Å². The molecule has 3 aromatic heterocycles. The number of fused-ring (bicyclic) bond motifs is 1. The zero-order valence-electron chi connectivity index (χ0n) is 14.0. The van der Waals surface area contributed by atoms with E-state index < -0.39 is 5.91 Å². The highest BCUT2D eigenvalue weighted by atomic mass is 19.1. The molecule has 0 spiro atoms. The molecule has 0 aliphatic heterocycles. The number of benzene rings is 1. The van der Waals surface area contributed by atoms with Crippen LogP contribution in [0.5, 0.6) is 0 Å². The molecule has 0 bridgehead atoms. The Morgan fingerprint density at radius 2 is 1.85 bits per heavy atom. The fraction of sp³-hybridized carbons (Fsp3) is 0.0500. The maximum atomic E-state index is 13.6.